The van der Waals surface area contributed by atoms with Crippen LogP contribution < -0.4 is 10.1 Å². The number of nitrogens with one attached hydrogen (secondary N) is 1. The van der Waals surface area contributed by atoms with E-state index >= 15 is 0 Å². The number of hydrogen-bond acceptors (Lipinski definition) is 5. The van der Waals surface area contributed by atoms with Gasteiger partial charge in [-0.3, -0.25) is 9.59 Å². The van der Waals surface area contributed by atoms with Gasteiger partial charge in [0.15, 0.2) is 0 Å². The van der Waals surface area contributed by atoms with Gasteiger partial charge in [0.2, 0.25) is 0 Å². The van der Waals surface area contributed by atoms with E-state index in [1.165, 1.54) is 0 Å². The van der Waals surface area contributed by atoms with Crippen LogP contribution in [0.5, 0.6) is 5.75 Å². The van der Waals surface area contributed by atoms with Crippen molar-refractivity contribution >= 4 is 11.9 Å². The van der Waals surface area contributed by atoms with Gasteiger partial charge in [-0.25, -0.2) is 0 Å². The molecule has 0 spiro atoms. The van der Waals surface area contributed by atoms with Gasteiger partial charge >= 0.3 is 5.97 Å². The highest BCUT2D eigenvalue weighted by atomic mass is 16.5. The van der Waals surface area contributed by atoms with Crippen LogP contribution in [-0.2, 0) is 9.53 Å². The fraction of sp³-hybridized carbons (Fsp3) is 0.333. The standard InChI is InChI=1S/C27H29NO6/c1-18-23(17-24(33-18)19-5-3-2-4-6-19)26(20-12-15-32-16-13-20)34-22-9-7-21(8-10-22)27(31)28-14-11-25(29)30/h2-10,17,20,26H,11-16H2,1H3,(H,28,31)(H,29,30). The zero-order valence-electron chi connectivity index (χ0n) is 19.2. The largest absolute Gasteiger partial charge is 0.485 e. The maximum atomic E-state index is 12.2. The number of ether oxygens (including phenoxy) is 2. The molecule has 3 aromatic rings. The quantitative estimate of drug-likeness (QED) is 0.463. The van der Waals surface area contributed by atoms with Crippen molar-refractivity contribution in [1.82, 2.24) is 5.32 Å². The van der Waals surface area contributed by atoms with Crippen LogP contribution in [0, 0.1) is 12.8 Å². The smallest absolute Gasteiger partial charge is 0.305 e. The van der Waals surface area contributed by atoms with Crippen LogP contribution in [0.2, 0.25) is 0 Å². The number of amides is 1. The summed E-state index contributed by atoms with van der Waals surface area (Å²) in [5.74, 6) is 1.29. The number of benzene rings is 2. The normalized spacial score (nSPS) is 15.0. The van der Waals surface area contributed by atoms with Crippen molar-refractivity contribution in [2.45, 2.75) is 32.3 Å². The molecule has 178 valence electrons. The molecule has 1 amide bonds. The van der Waals surface area contributed by atoms with E-state index in [2.05, 4.69) is 11.4 Å². The lowest BCUT2D eigenvalue weighted by Crippen LogP contribution is -2.26. The summed E-state index contributed by atoms with van der Waals surface area (Å²) in [6.07, 6.45) is 1.45. The molecule has 2 N–H and O–H groups in total. The van der Waals surface area contributed by atoms with Gasteiger partial charge in [0.25, 0.3) is 5.91 Å². The number of carboxylic acids is 1. The Morgan fingerprint density at radius 1 is 1.09 bits per heavy atom. The maximum Gasteiger partial charge on any atom is 0.305 e. The number of aryl methyl sites for hydroxylation is 1. The van der Waals surface area contributed by atoms with Crippen molar-refractivity contribution in [3.05, 3.63) is 77.6 Å². The van der Waals surface area contributed by atoms with Gasteiger partial charge in [0, 0.05) is 42.4 Å². The van der Waals surface area contributed by atoms with Crippen LogP contribution in [0.1, 0.15) is 47.0 Å². The summed E-state index contributed by atoms with van der Waals surface area (Å²) in [4.78, 5) is 22.9. The molecule has 1 aromatic heterocycles. The van der Waals surface area contributed by atoms with Gasteiger partial charge in [0.1, 0.15) is 23.4 Å². The summed E-state index contributed by atoms with van der Waals surface area (Å²) in [5, 5.41) is 11.3. The van der Waals surface area contributed by atoms with Gasteiger partial charge in [-0.05, 0) is 50.1 Å². The van der Waals surface area contributed by atoms with E-state index in [1.54, 1.807) is 24.3 Å². The highest BCUT2D eigenvalue weighted by molar-refractivity contribution is 5.94. The molecular formula is C27H29NO6. The van der Waals surface area contributed by atoms with E-state index < -0.39 is 5.97 Å². The first-order valence-corrected chi connectivity index (χ1v) is 11.5. The Balaban J connectivity index is 1.53. The van der Waals surface area contributed by atoms with E-state index in [9.17, 15) is 9.59 Å². The lowest BCUT2D eigenvalue weighted by atomic mass is 9.89. The minimum atomic E-state index is -0.951. The molecule has 0 aliphatic carbocycles. The Bertz CT molecular complexity index is 1100. The minimum Gasteiger partial charge on any atom is -0.485 e. The fourth-order valence-corrected chi connectivity index (χ4v) is 4.17. The molecule has 1 aliphatic rings. The maximum absolute atomic E-state index is 12.2. The SMILES string of the molecule is Cc1oc(-c2ccccc2)cc1C(Oc1ccc(C(=O)NCCC(=O)O)cc1)C1CCOCC1. The van der Waals surface area contributed by atoms with Crippen LogP contribution in [0.4, 0.5) is 0 Å². The molecule has 1 unspecified atom stereocenters. The Morgan fingerprint density at radius 3 is 2.47 bits per heavy atom. The molecule has 2 heterocycles. The van der Waals surface area contributed by atoms with Crippen molar-refractivity contribution in [3.8, 4) is 17.1 Å². The number of furan rings is 1. The molecule has 0 bridgehead atoms. The monoisotopic (exact) mass is 463 g/mol. The zero-order chi connectivity index (χ0) is 23.9. The molecule has 7 heteroatoms. The molecular weight excluding hydrogens is 434 g/mol. The molecule has 1 fully saturated rings. The van der Waals surface area contributed by atoms with Gasteiger partial charge < -0.3 is 24.3 Å². The van der Waals surface area contributed by atoms with Crippen LogP contribution in [-0.4, -0.2) is 36.7 Å². The van der Waals surface area contributed by atoms with Gasteiger partial charge in [-0.2, -0.15) is 0 Å². The van der Waals surface area contributed by atoms with Gasteiger partial charge in [0.05, 0.1) is 6.42 Å². The molecule has 0 saturated carbocycles. The molecule has 34 heavy (non-hydrogen) atoms. The predicted octanol–water partition coefficient (Wildman–Crippen LogP) is 5.01. The highest BCUT2D eigenvalue weighted by Gasteiger charge is 2.30. The van der Waals surface area contributed by atoms with E-state index in [0.29, 0.717) is 24.5 Å². The third-order valence-corrected chi connectivity index (χ3v) is 6.02. The van der Waals surface area contributed by atoms with E-state index in [1.807, 2.05) is 37.3 Å². The number of carbonyl (C=O) groups excluding carboxylic acids is 1. The number of hydrogen-bond donors (Lipinski definition) is 2. The second kappa shape index (κ2) is 11.0. The van der Waals surface area contributed by atoms with Gasteiger partial charge in [-0.1, -0.05) is 30.3 Å². The average molecular weight is 464 g/mol. The Kier molecular flexibility index (Phi) is 7.65. The van der Waals surface area contributed by atoms with Crippen molar-refractivity contribution in [2.24, 2.45) is 5.92 Å². The summed E-state index contributed by atoms with van der Waals surface area (Å²) >= 11 is 0. The van der Waals surface area contributed by atoms with E-state index in [0.717, 1.165) is 35.5 Å². The number of aliphatic carboxylic acids is 1. The Labute approximate surface area is 198 Å². The molecule has 7 nitrogen and oxygen atoms in total. The molecule has 4 rings (SSSR count). The van der Waals surface area contributed by atoms with Crippen molar-refractivity contribution in [1.29, 1.82) is 0 Å². The molecule has 2 aromatic carbocycles. The van der Waals surface area contributed by atoms with Crippen LogP contribution in [0.15, 0.2) is 65.1 Å². The van der Waals surface area contributed by atoms with Gasteiger partial charge in [-0.15, -0.1) is 0 Å². The van der Waals surface area contributed by atoms with E-state index in [4.69, 9.17) is 19.0 Å². The lowest BCUT2D eigenvalue weighted by molar-refractivity contribution is -0.136. The molecule has 1 saturated heterocycles. The second-order valence-corrected chi connectivity index (χ2v) is 8.40. The molecule has 1 aliphatic heterocycles. The average Bonchev–Trinajstić information content (AvgIpc) is 3.25. The summed E-state index contributed by atoms with van der Waals surface area (Å²) in [6.45, 7) is 3.44. The van der Waals surface area contributed by atoms with Crippen molar-refractivity contribution in [3.63, 3.8) is 0 Å². The predicted molar refractivity (Wildman–Crippen MR) is 127 cm³/mol. The highest BCUT2D eigenvalue weighted by Crippen LogP contribution is 2.39. The lowest BCUT2D eigenvalue weighted by Gasteiger charge is -2.30. The topological polar surface area (TPSA) is 98.0 Å². The molecule has 1 atom stereocenters. The van der Waals surface area contributed by atoms with Crippen LogP contribution in [0.3, 0.4) is 0 Å². The first-order valence-electron chi connectivity index (χ1n) is 11.5. The van der Waals surface area contributed by atoms with Crippen molar-refractivity contribution < 1.29 is 28.6 Å². The van der Waals surface area contributed by atoms with Crippen molar-refractivity contribution in [2.75, 3.05) is 19.8 Å². The third-order valence-electron chi connectivity index (χ3n) is 6.02. The summed E-state index contributed by atoms with van der Waals surface area (Å²) in [6, 6.07) is 19.0. The third kappa shape index (κ3) is 5.85. The van der Waals surface area contributed by atoms with Crippen LogP contribution in [0.25, 0.3) is 11.3 Å². The number of carboxylic acid groups (broad SMARTS) is 1. The number of rotatable bonds is 9. The zero-order valence-corrected chi connectivity index (χ0v) is 19.2. The first kappa shape index (κ1) is 23.6. The summed E-state index contributed by atoms with van der Waals surface area (Å²) < 4.78 is 18.2. The molecule has 0 radical (unpaired) electrons. The number of carbonyl (C=O) groups is 2. The summed E-state index contributed by atoms with van der Waals surface area (Å²) in [7, 11) is 0. The first-order chi connectivity index (χ1) is 16.5. The Morgan fingerprint density at radius 2 is 1.79 bits per heavy atom. The van der Waals surface area contributed by atoms with Crippen LogP contribution >= 0.6 is 0 Å². The minimum absolute atomic E-state index is 0.0851. The van der Waals surface area contributed by atoms with E-state index in [-0.39, 0.29) is 30.9 Å². The second-order valence-electron chi connectivity index (χ2n) is 8.40. The summed E-state index contributed by atoms with van der Waals surface area (Å²) in [5.41, 5.74) is 2.48. The Hall–Kier alpha value is -3.58. The fourth-order valence-electron chi connectivity index (χ4n) is 4.17.